The van der Waals surface area contributed by atoms with Crippen molar-refractivity contribution in [1.82, 2.24) is 34.6 Å². The molecule has 1 saturated carbocycles. The average Bonchev–Trinajstić information content (AvgIpc) is 3.38. The highest BCUT2D eigenvalue weighted by Crippen LogP contribution is 2.56. The lowest BCUT2D eigenvalue weighted by atomic mass is 9.59. The topological polar surface area (TPSA) is 98.4 Å². The van der Waals surface area contributed by atoms with Crippen molar-refractivity contribution >= 4 is 11.8 Å². The number of aryl methyl sites for hydroxylation is 2. The van der Waals surface area contributed by atoms with Crippen molar-refractivity contribution in [3.8, 4) is 0 Å². The van der Waals surface area contributed by atoms with Crippen LogP contribution in [0.5, 0.6) is 0 Å². The number of rotatable bonds is 3. The van der Waals surface area contributed by atoms with Gasteiger partial charge >= 0.3 is 0 Å². The summed E-state index contributed by atoms with van der Waals surface area (Å²) in [4.78, 5) is 29.3. The molecule has 166 valence electrons. The van der Waals surface area contributed by atoms with E-state index in [4.69, 9.17) is 4.74 Å². The molecule has 0 aromatic carbocycles. The number of nitrogens with zero attached hydrogens (tertiary/aromatic N) is 7. The molecule has 1 aliphatic carbocycles. The monoisotopic (exact) mass is 427 g/mol. The van der Waals surface area contributed by atoms with Crippen molar-refractivity contribution in [3.63, 3.8) is 0 Å². The summed E-state index contributed by atoms with van der Waals surface area (Å²) in [5.74, 6) is -0.0252. The molecule has 1 unspecified atom stereocenters. The Kier molecular flexibility index (Phi) is 5.04. The fourth-order valence-electron chi connectivity index (χ4n) is 5.26. The second-order valence-corrected chi connectivity index (χ2v) is 8.99. The Morgan fingerprint density at radius 3 is 2.39 bits per heavy atom. The zero-order valence-corrected chi connectivity index (χ0v) is 18.2. The maximum absolute atomic E-state index is 12.9. The number of morpholine rings is 1. The number of aromatic nitrogens is 5. The first-order chi connectivity index (χ1) is 15.0. The fourth-order valence-corrected chi connectivity index (χ4v) is 5.26. The molecule has 1 atom stereocenters. The summed E-state index contributed by atoms with van der Waals surface area (Å²) >= 11 is 0. The van der Waals surface area contributed by atoms with Gasteiger partial charge in [-0.25, -0.2) is 4.68 Å². The number of carbonyl (C=O) groups is 2. The van der Waals surface area contributed by atoms with Gasteiger partial charge in [-0.15, -0.1) is 5.10 Å². The molecule has 10 nitrogen and oxygen atoms in total. The predicted molar refractivity (Wildman–Crippen MR) is 111 cm³/mol. The largest absolute Gasteiger partial charge is 0.378 e. The van der Waals surface area contributed by atoms with Gasteiger partial charge in [-0.2, -0.15) is 5.10 Å². The number of hydrogen-bond donors (Lipinski definition) is 0. The Morgan fingerprint density at radius 2 is 1.77 bits per heavy atom. The molecule has 2 saturated heterocycles. The first kappa shape index (κ1) is 20.2. The highest BCUT2D eigenvalue weighted by molar-refractivity contribution is 5.93. The number of carbonyl (C=O) groups excluding carboxylic acids is 2. The van der Waals surface area contributed by atoms with Crippen molar-refractivity contribution in [2.24, 2.45) is 12.5 Å². The minimum Gasteiger partial charge on any atom is -0.378 e. The van der Waals surface area contributed by atoms with E-state index in [2.05, 4.69) is 15.4 Å². The Morgan fingerprint density at radius 1 is 1.06 bits per heavy atom. The second kappa shape index (κ2) is 7.74. The summed E-state index contributed by atoms with van der Waals surface area (Å²) in [5.41, 5.74) is 2.03. The number of amides is 2. The van der Waals surface area contributed by atoms with Crippen molar-refractivity contribution in [3.05, 3.63) is 29.3 Å². The standard InChI is InChI=1S/C21H29N7O3/c1-15-13-17(25(2)23-15)20(30)26-7-5-21(6-8-26)4-3-18(21)28-14-16(22-24-28)19(29)27-9-11-31-12-10-27/h13-14,18H,3-12H2,1-2H3. The molecule has 3 fully saturated rings. The van der Waals surface area contributed by atoms with Crippen LogP contribution in [0, 0.1) is 12.3 Å². The highest BCUT2D eigenvalue weighted by Gasteiger charge is 2.50. The average molecular weight is 428 g/mol. The molecule has 10 heteroatoms. The van der Waals surface area contributed by atoms with Crippen molar-refractivity contribution in [2.45, 2.75) is 38.6 Å². The van der Waals surface area contributed by atoms with Crippen molar-refractivity contribution in [1.29, 1.82) is 0 Å². The second-order valence-electron chi connectivity index (χ2n) is 8.99. The minimum absolute atomic E-state index is 0.0490. The summed E-state index contributed by atoms with van der Waals surface area (Å²) in [6.45, 7) is 5.69. The molecule has 4 heterocycles. The van der Waals surface area contributed by atoms with Crippen LogP contribution in [0.4, 0.5) is 0 Å². The Bertz CT molecular complexity index is 983. The third kappa shape index (κ3) is 3.52. The Hall–Kier alpha value is -2.75. The summed E-state index contributed by atoms with van der Waals surface area (Å²) in [5, 5.41) is 12.8. The zero-order chi connectivity index (χ0) is 21.6. The molecule has 0 radical (unpaired) electrons. The maximum Gasteiger partial charge on any atom is 0.276 e. The van der Waals surface area contributed by atoms with Crippen LogP contribution in [0.3, 0.4) is 0 Å². The van der Waals surface area contributed by atoms with Gasteiger partial charge in [0.05, 0.1) is 31.1 Å². The first-order valence-electron chi connectivity index (χ1n) is 11.1. The molecule has 2 aliphatic heterocycles. The van der Waals surface area contributed by atoms with Crippen LogP contribution in [0.1, 0.15) is 58.4 Å². The van der Waals surface area contributed by atoms with Crippen LogP contribution in [0.25, 0.3) is 0 Å². The zero-order valence-electron chi connectivity index (χ0n) is 18.2. The number of likely N-dealkylation sites (tertiary alicyclic amines) is 1. The van der Waals surface area contributed by atoms with E-state index < -0.39 is 0 Å². The summed E-state index contributed by atoms with van der Waals surface area (Å²) in [7, 11) is 1.81. The maximum atomic E-state index is 12.9. The van der Waals surface area contributed by atoms with Crippen LogP contribution in [0.15, 0.2) is 12.3 Å². The summed E-state index contributed by atoms with van der Waals surface area (Å²) < 4.78 is 8.88. The molecule has 2 amide bonds. The van der Waals surface area contributed by atoms with E-state index in [9.17, 15) is 9.59 Å². The van der Waals surface area contributed by atoms with Gasteiger partial charge in [-0.3, -0.25) is 14.3 Å². The van der Waals surface area contributed by atoms with Crippen LogP contribution < -0.4 is 0 Å². The molecular weight excluding hydrogens is 398 g/mol. The van der Waals surface area contributed by atoms with E-state index in [-0.39, 0.29) is 23.3 Å². The third-order valence-electron chi connectivity index (χ3n) is 7.24. The van der Waals surface area contributed by atoms with E-state index in [1.807, 2.05) is 29.6 Å². The molecule has 5 rings (SSSR count). The molecule has 2 aromatic heterocycles. The SMILES string of the molecule is Cc1cc(C(=O)N2CCC3(CCC3n3cc(C(=O)N4CCOCC4)nn3)CC2)n(C)n1. The van der Waals surface area contributed by atoms with Gasteiger partial charge in [0.15, 0.2) is 5.69 Å². The third-order valence-corrected chi connectivity index (χ3v) is 7.24. The first-order valence-corrected chi connectivity index (χ1v) is 11.1. The quantitative estimate of drug-likeness (QED) is 0.726. The van der Waals surface area contributed by atoms with E-state index >= 15 is 0 Å². The lowest BCUT2D eigenvalue weighted by molar-refractivity contribution is -0.0270. The van der Waals surface area contributed by atoms with Crippen LogP contribution in [-0.4, -0.2) is 85.8 Å². The van der Waals surface area contributed by atoms with E-state index in [0.717, 1.165) is 44.5 Å². The van der Waals surface area contributed by atoms with Gasteiger partial charge in [0.2, 0.25) is 0 Å². The van der Waals surface area contributed by atoms with Crippen LogP contribution >= 0.6 is 0 Å². The molecule has 0 N–H and O–H groups in total. The van der Waals surface area contributed by atoms with Crippen molar-refractivity contribution < 1.29 is 14.3 Å². The normalized spacial score (nSPS) is 23.1. The Labute approximate surface area is 181 Å². The molecule has 2 aromatic rings. The van der Waals surface area contributed by atoms with Gasteiger partial charge in [0.1, 0.15) is 5.69 Å². The van der Waals surface area contributed by atoms with Gasteiger partial charge in [0.25, 0.3) is 11.8 Å². The van der Waals surface area contributed by atoms with Gasteiger partial charge in [-0.05, 0) is 44.1 Å². The minimum atomic E-state index is -0.0742. The molecule has 31 heavy (non-hydrogen) atoms. The number of piperidine rings is 1. The van der Waals surface area contributed by atoms with E-state index in [1.54, 1.807) is 15.8 Å². The molecule has 1 spiro atoms. The summed E-state index contributed by atoms with van der Waals surface area (Å²) in [6, 6.07) is 2.09. The number of ether oxygens (including phenoxy) is 1. The molecule has 0 bridgehead atoms. The number of hydrogen-bond acceptors (Lipinski definition) is 6. The predicted octanol–water partition coefficient (Wildman–Crippen LogP) is 1.05. The Balaban J connectivity index is 1.24. The van der Waals surface area contributed by atoms with E-state index in [0.29, 0.717) is 37.7 Å². The van der Waals surface area contributed by atoms with E-state index in [1.165, 1.54) is 0 Å². The van der Waals surface area contributed by atoms with Gasteiger partial charge < -0.3 is 14.5 Å². The smallest absolute Gasteiger partial charge is 0.276 e. The lowest BCUT2D eigenvalue weighted by Crippen LogP contribution is -2.51. The highest BCUT2D eigenvalue weighted by atomic mass is 16.5. The van der Waals surface area contributed by atoms with Gasteiger partial charge in [0, 0.05) is 33.2 Å². The molecule has 3 aliphatic rings. The molecular formula is C21H29N7O3. The van der Waals surface area contributed by atoms with Crippen LogP contribution in [0.2, 0.25) is 0 Å². The fraction of sp³-hybridized carbons (Fsp3) is 0.667. The van der Waals surface area contributed by atoms with Gasteiger partial charge in [-0.1, -0.05) is 5.21 Å². The lowest BCUT2D eigenvalue weighted by Gasteiger charge is -2.53. The summed E-state index contributed by atoms with van der Waals surface area (Å²) in [6.07, 6.45) is 5.83. The van der Waals surface area contributed by atoms with Crippen molar-refractivity contribution in [2.75, 3.05) is 39.4 Å². The van der Waals surface area contributed by atoms with Crippen LogP contribution in [-0.2, 0) is 11.8 Å².